The number of aromatic carboxylic acids is 1. The first-order valence-corrected chi connectivity index (χ1v) is 5.85. The Kier molecular flexibility index (Phi) is 3.38. The Bertz CT molecular complexity index is 506. The number of imidazole rings is 1. The van der Waals surface area contributed by atoms with Gasteiger partial charge in [-0.3, -0.25) is 0 Å². The molecular weight excluding hydrogens is 240 g/mol. The summed E-state index contributed by atoms with van der Waals surface area (Å²) in [5, 5.41) is 12.7. The number of nitrogens with zero attached hydrogens (tertiary/aromatic N) is 3. The van der Waals surface area contributed by atoms with Crippen molar-refractivity contribution in [3.63, 3.8) is 0 Å². The van der Waals surface area contributed by atoms with Crippen LogP contribution in [0.4, 0.5) is 5.00 Å². The van der Waals surface area contributed by atoms with Gasteiger partial charge in [0.1, 0.15) is 10.6 Å². The zero-order chi connectivity index (χ0) is 12.3. The quantitative estimate of drug-likeness (QED) is 0.842. The lowest BCUT2D eigenvalue weighted by atomic mass is 10.2. The summed E-state index contributed by atoms with van der Waals surface area (Å²) in [6.07, 6.45) is 5.29. The Morgan fingerprint density at radius 1 is 1.65 bits per heavy atom. The standard InChI is InChI=1S/C10H12N4O2S/c1-7-8(10(15)16)9(17-13-7)12-3-5-14-4-2-11-6-14/h2,4,6,12H,3,5H2,1H3,(H,15,16). The van der Waals surface area contributed by atoms with E-state index >= 15 is 0 Å². The predicted molar refractivity (Wildman–Crippen MR) is 64.5 cm³/mol. The monoisotopic (exact) mass is 252 g/mol. The minimum atomic E-state index is -0.943. The fourth-order valence-electron chi connectivity index (χ4n) is 1.46. The summed E-state index contributed by atoms with van der Waals surface area (Å²) < 4.78 is 5.95. The number of carbonyl (C=O) groups is 1. The Morgan fingerprint density at radius 3 is 3.12 bits per heavy atom. The minimum absolute atomic E-state index is 0.264. The maximum absolute atomic E-state index is 11.0. The third-order valence-corrected chi connectivity index (χ3v) is 3.19. The van der Waals surface area contributed by atoms with Crippen molar-refractivity contribution in [1.82, 2.24) is 13.9 Å². The first-order valence-electron chi connectivity index (χ1n) is 5.07. The van der Waals surface area contributed by atoms with E-state index in [-0.39, 0.29) is 5.56 Å². The average molecular weight is 252 g/mol. The number of rotatable bonds is 5. The first-order chi connectivity index (χ1) is 8.18. The second-order valence-corrected chi connectivity index (χ2v) is 4.28. The molecule has 0 spiro atoms. The van der Waals surface area contributed by atoms with E-state index < -0.39 is 5.97 Å². The molecule has 0 aliphatic heterocycles. The van der Waals surface area contributed by atoms with Gasteiger partial charge in [0.25, 0.3) is 0 Å². The average Bonchev–Trinajstić information content (AvgIpc) is 2.88. The Balaban J connectivity index is 1.97. The lowest BCUT2D eigenvalue weighted by Gasteiger charge is -2.05. The second-order valence-electron chi connectivity index (χ2n) is 3.50. The smallest absolute Gasteiger partial charge is 0.340 e. The lowest BCUT2D eigenvalue weighted by Crippen LogP contribution is -2.10. The largest absolute Gasteiger partial charge is 0.478 e. The van der Waals surface area contributed by atoms with Gasteiger partial charge >= 0.3 is 5.97 Å². The lowest BCUT2D eigenvalue weighted by molar-refractivity contribution is 0.0697. The summed E-state index contributed by atoms with van der Waals surface area (Å²) in [6.45, 7) is 3.06. The molecule has 0 aliphatic rings. The Hall–Kier alpha value is -1.89. The number of carboxylic acid groups (broad SMARTS) is 1. The second kappa shape index (κ2) is 4.96. The van der Waals surface area contributed by atoms with Gasteiger partial charge in [-0.1, -0.05) is 0 Å². The van der Waals surface area contributed by atoms with Crippen LogP contribution in [0.2, 0.25) is 0 Å². The van der Waals surface area contributed by atoms with Gasteiger partial charge in [-0.25, -0.2) is 9.78 Å². The van der Waals surface area contributed by atoms with Crippen LogP contribution in [0, 0.1) is 6.92 Å². The topological polar surface area (TPSA) is 80.0 Å². The SMILES string of the molecule is Cc1nsc(NCCn2ccnc2)c1C(=O)O. The number of hydrogen-bond donors (Lipinski definition) is 2. The van der Waals surface area contributed by atoms with Crippen LogP contribution in [-0.2, 0) is 6.54 Å². The molecule has 0 fully saturated rings. The van der Waals surface area contributed by atoms with Crippen molar-refractivity contribution in [3.05, 3.63) is 30.0 Å². The molecule has 17 heavy (non-hydrogen) atoms. The molecule has 7 heteroatoms. The highest BCUT2D eigenvalue weighted by molar-refractivity contribution is 7.10. The zero-order valence-electron chi connectivity index (χ0n) is 9.25. The predicted octanol–water partition coefficient (Wildman–Crippen LogP) is 1.46. The van der Waals surface area contributed by atoms with Crippen molar-refractivity contribution in [2.45, 2.75) is 13.5 Å². The van der Waals surface area contributed by atoms with Crippen molar-refractivity contribution in [3.8, 4) is 0 Å². The maximum Gasteiger partial charge on any atom is 0.340 e. The van der Waals surface area contributed by atoms with Gasteiger partial charge in [-0.15, -0.1) is 0 Å². The Morgan fingerprint density at radius 2 is 2.47 bits per heavy atom. The highest BCUT2D eigenvalue weighted by Gasteiger charge is 2.16. The summed E-state index contributed by atoms with van der Waals surface area (Å²) in [6, 6.07) is 0. The van der Waals surface area contributed by atoms with Crippen molar-refractivity contribution < 1.29 is 9.90 Å². The normalized spacial score (nSPS) is 10.4. The van der Waals surface area contributed by atoms with Crippen molar-refractivity contribution in [2.24, 2.45) is 0 Å². The van der Waals surface area contributed by atoms with E-state index in [9.17, 15) is 4.79 Å². The zero-order valence-corrected chi connectivity index (χ0v) is 10.1. The first kappa shape index (κ1) is 11.6. The Labute approximate surface area is 102 Å². The van der Waals surface area contributed by atoms with Gasteiger partial charge in [0, 0.05) is 25.5 Å². The third-order valence-electron chi connectivity index (χ3n) is 2.29. The van der Waals surface area contributed by atoms with E-state index in [1.165, 1.54) is 11.5 Å². The van der Waals surface area contributed by atoms with Crippen molar-refractivity contribution in [2.75, 3.05) is 11.9 Å². The number of carboxylic acids is 1. The van der Waals surface area contributed by atoms with E-state index in [4.69, 9.17) is 5.11 Å². The van der Waals surface area contributed by atoms with E-state index in [1.54, 1.807) is 19.4 Å². The van der Waals surface area contributed by atoms with E-state index in [2.05, 4.69) is 14.7 Å². The molecule has 0 unspecified atom stereocenters. The van der Waals surface area contributed by atoms with E-state index in [0.29, 0.717) is 17.2 Å². The van der Waals surface area contributed by atoms with Crippen LogP contribution in [0.25, 0.3) is 0 Å². The van der Waals surface area contributed by atoms with E-state index in [1.807, 2.05) is 10.8 Å². The van der Waals surface area contributed by atoms with Crippen LogP contribution in [0.5, 0.6) is 0 Å². The van der Waals surface area contributed by atoms with Crippen molar-refractivity contribution in [1.29, 1.82) is 0 Å². The van der Waals surface area contributed by atoms with E-state index in [0.717, 1.165) is 6.54 Å². The van der Waals surface area contributed by atoms with Gasteiger partial charge in [0.15, 0.2) is 0 Å². The number of aromatic nitrogens is 3. The fourth-order valence-corrected chi connectivity index (χ4v) is 2.27. The third kappa shape index (κ3) is 2.62. The van der Waals surface area contributed by atoms with Crippen LogP contribution in [0.1, 0.15) is 16.1 Å². The summed E-state index contributed by atoms with van der Waals surface area (Å²) in [7, 11) is 0. The van der Waals surface area contributed by atoms with Gasteiger partial charge in [-0.05, 0) is 18.5 Å². The molecule has 2 heterocycles. The molecule has 2 aromatic rings. The number of aryl methyl sites for hydroxylation is 1. The van der Waals surface area contributed by atoms with Crippen LogP contribution in [0.15, 0.2) is 18.7 Å². The van der Waals surface area contributed by atoms with Crippen LogP contribution in [0.3, 0.4) is 0 Å². The summed E-state index contributed by atoms with van der Waals surface area (Å²) in [5.74, 6) is -0.943. The maximum atomic E-state index is 11.0. The van der Waals surface area contributed by atoms with Crippen LogP contribution in [-0.4, -0.2) is 31.5 Å². The number of nitrogens with one attached hydrogen (secondary N) is 1. The molecular formula is C10H12N4O2S. The molecule has 6 nitrogen and oxygen atoms in total. The van der Waals surface area contributed by atoms with Gasteiger partial charge < -0.3 is 15.0 Å². The van der Waals surface area contributed by atoms with Crippen LogP contribution >= 0.6 is 11.5 Å². The molecule has 0 atom stereocenters. The van der Waals surface area contributed by atoms with Crippen molar-refractivity contribution >= 4 is 22.5 Å². The molecule has 90 valence electrons. The van der Waals surface area contributed by atoms with Gasteiger partial charge in [0.2, 0.25) is 0 Å². The molecule has 0 bridgehead atoms. The minimum Gasteiger partial charge on any atom is -0.478 e. The summed E-state index contributed by atoms with van der Waals surface area (Å²) >= 11 is 1.17. The van der Waals surface area contributed by atoms with Crippen LogP contribution < -0.4 is 5.32 Å². The molecule has 0 radical (unpaired) electrons. The number of hydrogen-bond acceptors (Lipinski definition) is 5. The highest BCUT2D eigenvalue weighted by atomic mass is 32.1. The highest BCUT2D eigenvalue weighted by Crippen LogP contribution is 2.23. The van der Waals surface area contributed by atoms with Gasteiger partial charge in [0.05, 0.1) is 12.0 Å². The molecule has 0 saturated heterocycles. The molecule has 2 aromatic heterocycles. The molecule has 0 amide bonds. The molecule has 0 saturated carbocycles. The molecule has 0 aromatic carbocycles. The summed E-state index contributed by atoms with van der Waals surface area (Å²) in [5.41, 5.74) is 0.813. The summed E-state index contributed by atoms with van der Waals surface area (Å²) in [4.78, 5) is 14.9. The number of anilines is 1. The fraction of sp³-hybridized carbons (Fsp3) is 0.300. The van der Waals surface area contributed by atoms with Gasteiger partial charge in [-0.2, -0.15) is 4.37 Å². The molecule has 2 rings (SSSR count). The molecule has 0 aliphatic carbocycles. The molecule has 2 N–H and O–H groups in total.